The molecule has 0 bridgehead atoms. The van der Waals surface area contributed by atoms with E-state index in [1.54, 1.807) is 6.20 Å². The van der Waals surface area contributed by atoms with Crippen LogP contribution in [0.15, 0.2) is 24.4 Å². The largest absolute Gasteiger partial charge is 0.293 e. The van der Waals surface area contributed by atoms with E-state index in [1.165, 1.54) is 30.6 Å². The first kappa shape index (κ1) is 14.9. The lowest BCUT2D eigenvalue weighted by molar-refractivity contribution is 0.0893. The fourth-order valence-corrected chi connectivity index (χ4v) is 3.53. The molecule has 1 aliphatic rings. The number of Topliss-reactive ketones (excluding diaryl/α,β-unsaturated/α-hetero) is 1. The molecule has 0 unspecified atom stereocenters. The molecule has 1 aliphatic carbocycles. The summed E-state index contributed by atoms with van der Waals surface area (Å²) in [6.07, 6.45) is 7.31. The molecule has 0 atom stereocenters. The van der Waals surface area contributed by atoms with Gasteiger partial charge in [-0.3, -0.25) is 4.79 Å². The number of thiazole rings is 1. The third-order valence-corrected chi connectivity index (χ3v) is 4.84. The minimum Gasteiger partial charge on any atom is -0.293 e. The van der Waals surface area contributed by atoms with Crippen molar-refractivity contribution in [2.24, 2.45) is 5.92 Å². The summed E-state index contributed by atoms with van der Waals surface area (Å²) in [6.45, 7) is 1.94. The van der Waals surface area contributed by atoms with Crippen molar-refractivity contribution in [1.82, 2.24) is 9.97 Å². The van der Waals surface area contributed by atoms with Gasteiger partial charge >= 0.3 is 0 Å². The van der Waals surface area contributed by atoms with Crippen molar-refractivity contribution >= 4 is 17.1 Å². The van der Waals surface area contributed by atoms with Gasteiger partial charge in [0.05, 0.1) is 11.1 Å². The normalized spacial score (nSPS) is 15.1. The zero-order valence-electron chi connectivity index (χ0n) is 12.6. The molecular weight excluding hydrogens is 292 g/mol. The van der Waals surface area contributed by atoms with E-state index in [0.717, 1.165) is 29.1 Å². The van der Waals surface area contributed by atoms with E-state index in [-0.39, 0.29) is 11.7 Å². The molecule has 22 heavy (non-hydrogen) atoms. The number of aryl methyl sites for hydroxylation is 1. The molecule has 2 heterocycles. The van der Waals surface area contributed by atoms with E-state index < -0.39 is 0 Å². The SMILES string of the molecule is Cc1cccc(C#Cc2ncc(C(=O)C3CCCCC3)s2)n1. The Morgan fingerprint density at radius 3 is 2.82 bits per heavy atom. The lowest BCUT2D eigenvalue weighted by atomic mass is 9.86. The van der Waals surface area contributed by atoms with E-state index in [2.05, 4.69) is 21.8 Å². The van der Waals surface area contributed by atoms with Crippen molar-refractivity contribution in [2.75, 3.05) is 0 Å². The number of ketones is 1. The van der Waals surface area contributed by atoms with E-state index in [0.29, 0.717) is 5.01 Å². The highest BCUT2D eigenvalue weighted by atomic mass is 32.1. The minimum absolute atomic E-state index is 0.188. The van der Waals surface area contributed by atoms with Crippen molar-refractivity contribution in [1.29, 1.82) is 0 Å². The first-order chi connectivity index (χ1) is 10.7. The van der Waals surface area contributed by atoms with Crippen LogP contribution in [0.25, 0.3) is 0 Å². The van der Waals surface area contributed by atoms with Gasteiger partial charge in [0, 0.05) is 11.6 Å². The third-order valence-electron chi connectivity index (χ3n) is 3.91. The van der Waals surface area contributed by atoms with Gasteiger partial charge in [0.2, 0.25) is 0 Å². The average molecular weight is 310 g/mol. The highest BCUT2D eigenvalue weighted by Crippen LogP contribution is 2.28. The number of carbonyl (C=O) groups excluding carboxylic acids is 1. The Balaban J connectivity index is 1.72. The van der Waals surface area contributed by atoms with Gasteiger partial charge in [0.1, 0.15) is 5.69 Å². The van der Waals surface area contributed by atoms with E-state index >= 15 is 0 Å². The maximum Gasteiger partial charge on any atom is 0.177 e. The number of nitrogens with zero attached hydrogens (tertiary/aromatic N) is 2. The highest BCUT2D eigenvalue weighted by molar-refractivity contribution is 7.14. The number of carbonyl (C=O) groups is 1. The maximum absolute atomic E-state index is 12.4. The van der Waals surface area contributed by atoms with E-state index in [9.17, 15) is 4.79 Å². The fraction of sp³-hybridized carbons (Fsp3) is 0.389. The first-order valence-corrected chi connectivity index (χ1v) is 8.50. The predicted octanol–water partition coefficient (Wildman–Crippen LogP) is 4.01. The molecule has 1 saturated carbocycles. The second kappa shape index (κ2) is 6.85. The van der Waals surface area contributed by atoms with Crippen LogP contribution >= 0.6 is 11.3 Å². The molecule has 3 rings (SSSR count). The summed E-state index contributed by atoms with van der Waals surface area (Å²) < 4.78 is 0. The summed E-state index contributed by atoms with van der Waals surface area (Å²) in [5, 5.41) is 0.683. The highest BCUT2D eigenvalue weighted by Gasteiger charge is 2.23. The van der Waals surface area contributed by atoms with E-state index in [1.807, 2.05) is 25.1 Å². The van der Waals surface area contributed by atoms with Crippen molar-refractivity contribution in [3.8, 4) is 11.8 Å². The molecule has 1 fully saturated rings. The van der Waals surface area contributed by atoms with Gasteiger partial charge in [0.15, 0.2) is 10.8 Å². The summed E-state index contributed by atoms with van der Waals surface area (Å²) >= 11 is 1.40. The van der Waals surface area contributed by atoms with Crippen LogP contribution in [0.2, 0.25) is 0 Å². The molecule has 4 heteroatoms. The standard InChI is InChI=1S/C18H18N2OS/c1-13-6-5-9-15(20-13)10-11-17-19-12-16(22-17)18(21)14-7-3-2-4-8-14/h5-6,9,12,14H,2-4,7-8H2,1H3. The second-order valence-corrected chi connectivity index (χ2v) is 6.67. The topological polar surface area (TPSA) is 42.9 Å². The Kier molecular flexibility index (Phi) is 4.65. The number of hydrogen-bond acceptors (Lipinski definition) is 4. The molecule has 2 aromatic heterocycles. The van der Waals surface area contributed by atoms with Crippen LogP contribution in [0, 0.1) is 24.7 Å². The molecule has 3 nitrogen and oxygen atoms in total. The Hall–Kier alpha value is -1.99. The van der Waals surface area contributed by atoms with Crippen LogP contribution < -0.4 is 0 Å². The summed E-state index contributed by atoms with van der Waals surface area (Å²) in [7, 11) is 0. The predicted molar refractivity (Wildman–Crippen MR) is 88.0 cm³/mol. The van der Waals surface area contributed by atoms with Crippen LogP contribution in [0.5, 0.6) is 0 Å². The van der Waals surface area contributed by atoms with Gasteiger partial charge in [0.25, 0.3) is 0 Å². The number of aromatic nitrogens is 2. The quantitative estimate of drug-likeness (QED) is 0.622. The van der Waals surface area contributed by atoms with Crippen molar-refractivity contribution < 1.29 is 4.79 Å². The smallest absolute Gasteiger partial charge is 0.177 e. The van der Waals surface area contributed by atoms with Gasteiger partial charge < -0.3 is 0 Å². The minimum atomic E-state index is 0.188. The molecular formula is C18H18N2OS. The molecule has 0 spiro atoms. The molecule has 2 aromatic rings. The van der Waals surface area contributed by atoms with Gasteiger partial charge in [-0.1, -0.05) is 25.3 Å². The maximum atomic E-state index is 12.4. The molecule has 112 valence electrons. The summed E-state index contributed by atoms with van der Waals surface area (Å²) in [6, 6.07) is 5.75. The van der Waals surface area contributed by atoms with Crippen molar-refractivity contribution in [2.45, 2.75) is 39.0 Å². The Morgan fingerprint density at radius 2 is 2.05 bits per heavy atom. The number of pyridine rings is 1. The van der Waals surface area contributed by atoms with Gasteiger partial charge in [-0.2, -0.15) is 0 Å². The molecule has 0 amide bonds. The summed E-state index contributed by atoms with van der Waals surface area (Å²) in [5.74, 6) is 6.46. The molecule has 0 aromatic carbocycles. The summed E-state index contributed by atoms with van der Waals surface area (Å²) in [5.41, 5.74) is 1.68. The van der Waals surface area contributed by atoms with Gasteiger partial charge in [-0.15, -0.1) is 11.3 Å². The lowest BCUT2D eigenvalue weighted by Gasteiger charge is -2.19. The molecule has 0 N–H and O–H groups in total. The monoisotopic (exact) mass is 310 g/mol. The Bertz CT molecular complexity index is 733. The molecule has 0 radical (unpaired) electrons. The molecule has 0 aliphatic heterocycles. The lowest BCUT2D eigenvalue weighted by Crippen LogP contribution is -2.16. The number of rotatable bonds is 2. The Labute approximate surface area is 134 Å². The first-order valence-electron chi connectivity index (χ1n) is 7.68. The number of hydrogen-bond donors (Lipinski definition) is 0. The zero-order chi connectivity index (χ0) is 15.4. The van der Waals surface area contributed by atoms with Crippen molar-refractivity contribution in [3.63, 3.8) is 0 Å². The zero-order valence-corrected chi connectivity index (χ0v) is 13.4. The Morgan fingerprint density at radius 1 is 1.23 bits per heavy atom. The molecule has 0 saturated heterocycles. The van der Waals surface area contributed by atoms with Crippen LogP contribution in [0.1, 0.15) is 58.2 Å². The van der Waals surface area contributed by atoms with Crippen LogP contribution in [-0.2, 0) is 0 Å². The second-order valence-electron chi connectivity index (χ2n) is 5.64. The summed E-state index contributed by atoms with van der Waals surface area (Å²) in [4.78, 5) is 21.8. The van der Waals surface area contributed by atoms with Crippen LogP contribution in [0.3, 0.4) is 0 Å². The van der Waals surface area contributed by atoms with Crippen LogP contribution in [-0.4, -0.2) is 15.8 Å². The van der Waals surface area contributed by atoms with Gasteiger partial charge in [-0.25, -0.2) is 9.97 Å². The van der Waals surface area contributed by atoms with E-state index in [4.69, 9.17) is 0 Å². The fourth-order valence-electron chi connectivity index (χ4n) is 2.74. The van der Waals surface area contributed by atoms with Crippen molar-refractivity contribution in [3.05, 3.63) is 45.7 Å². The van der Waals surface area contributed by atoms with Gasteiger partial charge in [-0.05, 0) is 43.7 Å². The van der Waals surface area contributed by atoms with Crippen LogP contribution in [0.4, 0.5) is 0 Å². The average Bonchev–Trinajstić information content (AvgIpc) is 3.02. The third kappa shape index (κ3) is 3.61.